The Bertz CT molecular complexity index is 705. The van der Waals surface area contributed by atoms with Crippen LogP contribution < -0.4 is 4.74 Å². The summed E-state index contributed by atoms with van der Waals surface area (Å²) in [5.41, 5.74) is -3.06. The average molecular weight is 365 g/mol. The third kappa shape index (κ3) is 3.84. The lowest BCUT2D eigenvalue weighted by Gasteiger charge is -2.17. The van der Waals surface area contributed by atoms with E-state index in [1.165, 1.54) is 5.56 Å². The van der Waals surface area contributed by atoms with E-state index in [4.69, 9.17) is 4.74 Å². The molecular weight excluding hydrogens is 347 g/mol. The molecule has 1 aromatic carbocycles. The molecule has 2 aliphatic rings. The van der Waals surface area contributed by atoms with Crippen LogP contribution in [0.1, 0.15) is 17.5 Å². The summed E-state index contributed by atoms with van der Waals surface area (Å²) in [7, 11) is -5.52. The number of fused-ring (bicyclic) bond motifs is 1. The third-order valence-electron chi connectivity index (χ3n) is 4.25. The third-order valence-corrected chi connectivity index (χ3v) is 5.34. The molecule has 3 rings (SSSR count). The van der Waals surface area contributed by atoms with Gasteiger partial charge in [-0.15, -0.1) is 0 Å². The fraction of sp³-hybridized carbons (Fsp3) is 0.600. The summed E-state index contributed by atoms with van der Waals surface area (Å²) < 4.78 is 68.8. The summed E-state index contributed by atoms with van der Waals surface area (Å²) in [4.78, 5) is 1.92. The zero-order valence-electron chi connectivity index (χ0n) is 12.9. The topological polar surface area (TPSA) is 55.8 Å². The second kappa shape index (κ2) is 6.53. The van der Waals surface area contributed by atoms with E-state index in [0.29, 0.717) is 19.7 Å². The maximum absolute atomic E-state index is 12.3. The highest BCUT2D eigenvalue weighted by atomic mass is 32.2. The van der Waals surface area contributed by atoms with Crippen LogP contribution >= 0.6 is 0 Å². The van der Waals surface area contributed by atoms with Crippen molar-refractivity contribution in [1.29, 1.82) is 0 Å². The molecule has 2 aliphatic heterocycles. The average Bonchev–Trinajstić information content (AvgIpc) is 3.11. The Kier molecular flexibility index (Phi) is 4.76. The highest BCUT2D eigenvalue weighted by Gasteiger charge is 2.49. The molecule has 9 heteroatoms. The molecule has 134 valence electrons. The van der Waals surface area contributed by atoms with E-state index in [0.717, 1.165) is 24.2 Å². The van der Waals surface area contributed by atoms with Gasteiger partial charge < -0.3 is 9.64 Å². The predicted molar refractivity (Wildman–Crippen MR) is 80.2 cm³/mol. The van der Waals surface area contributed by atoms with Crippen molar-refractivity contribution < 1.29 is 30.5 Å². The monoisotopic (exact) mass is 365 g/mol. The quantitative estimate of drug-likeness (QED) is 0.591. The Balaban J connectivity index is 1.50. The number of ether oxygens (including phenoxy) is 1. The van der Waals surface area contributed by atoms with Crippen molar-refractivity contribution >= 4 is 10.1 Å². The summed E-state index contributed by atoms with van der Waals surface area (Å²) in [6, 6.07) is 5.99. The highest BCUT2D eigenvalue weighted by Crippen LogP contribution is 2.28. The molecule has 0 spiro atoms. The first kappa shape index (κ1) is 17.5. The van der Waals surface area contributed by atoms with Crippen LogP contribution in [0, 0.1) is 0 Å². The fourth-order valence-corrected chi connectivity index (χ4v) is 3.62. The molecule has 5 nitrogen and oxygen atoms in total. The molecule has 0 N–H and O–H groups in total. The standard InChI is InChI=1S/C15H18F3NO4S/c16-15(17,18)24(20,21)23-13-4-7-19(10-13)6-3-11-1-2-14-12(9-11)5-8-22-14/h1-2,9,13H,3-8,10H2. The Hall–Kier alpha value is -1.32. The normalized spacial score (nSPS) is 21.7. The van der Waals surface area contributed by atoms with Crippen molar-refractivity contribution in [3.63, 3.8) is 0 Å². The highest BCUT2D eigenvalue weighted by molar-refractivity contribution is 7.87. The number of nitrogens with zero attached hydrogens (tertiary/aromatic N) is 1. The van der Waals surface area contributed by atoms with Crippen LogP contribution in [0.3, 0.4) is 0 Å². The molecule has 1 atom stereocenters. The van der Waals surface area contributed by atoms with Crippen molar-refractivity contribution in [3.05, 3.63) is 29.3 Å². The van der Waals surface area contributed by atoms with Gasteiger partial charge in [0.15, 0.2) is 0 Å². The van der Waals surface area contributed by atoms with E-state index in [1.54, 1.807) is 0 Å². The van der Waals surface area contributed by atoms with Crippen molar-refractivity contribution in [2.75, 3.05) is 26.2 Å². The molecule has 0 aliphatic carbocycles. The second-order valence-corrected chi connectivity index (χ2v) is 7.56. The fourth-order valence-electron chi connectivity index (χ4n) is 3.00. The number of halogens is 3. The van der Waals surface area contributed by atoms with Crippen molar-refractivity contribution in [2.45, 2.75) is 30.9 Å². The molecule has 1 saturated heterocycles. The summed E-state index contributed by atoms with van der Waals surface area (Å²) in [5.74, 6) is 0.908. The van der Waals surface area contributed by atoms with Crippen molar-refractivity contribution in [1.82, 2.24) is 4.90 Å². The van der Waals surface area contributed by atoms with E-state index >= 15 is 0 Å². The minimum absolute atomic E-state index is 0.184. The minimum Gasteiger partial charge on any atom is -0.493 e. The zero-order valence-corrected chi connectivity index (χ0v) is 13.7. The van der Waals surface area contributed by atoms with Gasteiger partial charge in [-0.05, 0) is 30.0 Å². The van der Waals surface area contributed by atoms with Gasteiger partial charge in [0.1, 0.15) is 5.75 Å². The lowest BCUT2D eigenvalue weighted by Crippen LogP contribution is -2.32. The van der Waals surface area contributed by atoms with E-state index in [-0.39, 0.29) is 13.0 Å². The van der Waals surface area contributed by atoms with Gasteiger partial charge >= 0.3 is 15.6 Å². The largest absolute Gasteiger partial charge is 0.523 e. The number of rotatable bonds is 5. The van der Waals surface area contributed by atoms with Crippen LogP contribution in [-0.4, -0.2) is 51.2 Å². The zero-order chi connectivity index (χ0) is 17.4. The van der Waals surface area contributed by atoms with E-state index in [1.807, 2.05) is 17.0 Å². The van der Waals surface area contributed by atoms with Crippen LogP contribution in [0.4, 0.5) is 13.2 Å². The Labute approximate surface area is 138 Å². The van der Waals surface area contributed by atoms with Crippen molar-refractivity contribution in [2.24, 2.45) is 0 Å². The smallest absolute Gasteiger partial charge is 0.493 e. The predicted octanol–water partition coefficient (Wildman–Crippen LogP) is 2.10. The van der Waals surface area contributed by atoms with Gasteiger partial charge in [-0.25, -0.2) is 0 Å². The molecule has 24 heavy (non-hydrogen) atoms. The van der Waals surface area contributed by atoms with Gasteiger partial charge in [-0.3, -0.25) is 4.18 Å². The summed E-state index contributed by atoms with van der Waals surface area (Å²) in [5, 5.41) is 0. The van der Waals surface area contributed by atoms with Crippen LogP contribution in [0.5, 0.6) is 5.75 Å². The van der Waals surface area contributed by atoms with Crippen molar-refractivity contribution in [3.8, 4) is 5.75 Å². The Morgan fingerprint density at radius 3 is 2.88 bits per heavy atom. The summed E-state index contributed by atoms with van der Waals surface area (Å²) in [6.45, 7) is 2.04. The van der Waals surface area contributed by atoms with Gasteiger partial charge in [-0.1, -0.05) is 12.1 Å². The lowest BCUT2D eigenvalue weighted by atomic mass is 10.1. The first-order chi connectivity index (χ1) is 11.2. The van der Waals surface area contributed by atoms with Crippen LogP contribution in [0.25, 0.3) is 0 Å². The summed E-state index contributed by atoms with van der Waals surface area (Å²) in [6.07, 6.45) is 0.960. The number of hydrogen-bond acceptors (Lipinski definition) is 5. The summed E-state index contributed by atoms with van der Waals surface area (Å²) >= 11 is 0. The molecule has 1 unspecified atom stereocenters. The van der Waals surface area contributed by atoms with E-state index in [2.05, 4.69) is 10.2 Å². The SMILES string of the molecule is O=S(=O)(OC1CCN(CCc2ccc3c(c2)CCO3)C1)C(F)(F)F. The molecule has 0 saturated carbocycles. The number of hydrogen-bond donors (Lipinski definition) is 0. The first-order valence-electron chi connectivity index (χ1n) is 7.71. The van der Waals surface area contributed by atoms with E-state index in [9.17, 15) is 21.6 Å². The molecule has 1 fully saturated rings. The number of alkyl halides is 3. The number of benzene rings is 1. The Morgan fingerprint density at radius 2 is 2.12 bits per heavy atom. The van der Waals surface area contributed by atoms with Gasteiger partial charge in [-0.2, -0.15) is 21.6 Å². The van der Waals surface area contributed by atoms with Crippen LogP contribution in [-0.2, 0) is 27.1 Å². The van der Waals surface area contributed by atoms with Gasteiger partial charge in [0.05, 0.1) is 12.7 Å². The minimum atomic E-state index is -5.52. The second-order valence-electron chi connectivity index (χ2n) is 6.00. The van der Waals surface area contributed by atoms with Gasteiger partial charge in [0.2, 0.25) is 0 Å². The molecule has 0 bridgehead atoms. The molecule has 1 aromatic rings. The van der Waals surface area contributed by atoms with Crippen LogP contribution in [0.15, 0.2) is 18.2 Å². The molecule has 0 radical (unpaired) electrons. The lowest BCUT2D eigenvalue weighted by molar-refractivity contribution is -0.0569. The Morgan fingerprint density at radius 1 is 1.33 bits per heavy atom. The van der Waals surface area contributed by atoms with Crippen LogP contribution in [0.2, 0.25) is 0 Å². The maximum atomic E-state index is 12.3. The molecule has 2 heterocycles. The van der Waals surface area contributed by atoms with E-state index < -0.39 is 21.7 Å². The maximum Gasteiger partial charge on any atom is 0.523 e. The first-order valence-corrected chi connectivity index (χ1v) is 9.12. The van der Waals surface area contributed by atoms with Gasteiger partial charge in [0, 0.05) is 26.1 Å². The number of likely N-dealkylation sites (tertiary alicyclic amines) is 1. The van der Waals surface area contributed by atoms with Gasteiger partial charge in [0.25, 0.3) is 0 Å². The molecule has 0 amide bonds. The molecule has 0 aromatic heterocycles. The molecular formula is C15H18F3NO4S.